The number of fused-ring (bicyclic) bond motifs is 1. The quantitative estimate of drug-likeness (QED) is 0.363. The first-order valence-corrected chi connectivity index (χ1v) is 10.3. The highest BCUT2D eigenvalue weighted by Gasteiger charge is 2.36. The van der Waals surface area contributed by atoms with Gasteiger partial charge >= 0.3 is 6.18 Å². The van der Waals surface area contributed by atoms with Crippen molar-refractivity contribution < 1.29 is 18.0 Å². The molecule has 0 spiro atoms. The number of carbonyl (C=O) groups is 1. The number of hydrogen-bond acceptors (Lipinski definition) is 6. The average molecular weight is 445 g/mol. The molecule has 4 aromatic rings. The minimum atomic E-state index is -4.63. The van der Waals surface area contributed by atoms with E-state index in [1.807, 2.05) is 0 Å². The van der Waals surface area contributed by atoms with Gasteiger partial charge in [0, 0.05) is 5.39 Å². The number of nitrogens with two attached hydrogens (primary N) is 1. The first kappa shape index (κ1) is 18.4. The molecule has 3 nitrogen and oxygen atoms in total. The van der Waals surface area contributed by atoms with Crippen LogP contribution in [0.15, 0.2) is 35.7 Å². The maximum absolute atomic E-state index is 13.7. The van der Waals surface area contributed by atoms with Crippen LogP contribution in [0.1, 0.15) is 20.1 Å². The van der Waals surface area contributed by atoms with Gasteiger partial charge in [0.1, 0.15) is 9.71 Å². The zero-order valence-corrected chi connectivity index (χ0v) is 16.3. The third-order valence-corrected chi connectivity index (χ3v) is 7.00. The van der Waals surface area contributed by atoms with Crippen molar-refractivity contribution in [1.82, 2.24) is 4.98 Å². The van der Waals surface area contributed by atoms with Crippen LogP contribution in [0.25, 0.3) is 20.8 Å². The highest BCUT2D eigenvalue weighted by atomic mass is 35.5. The number of thiophene rings is 3. The molecule has 138 valence electrons. The van der Waals surface area contributed by atoms with Gasteiger partial charge in [-0.05, 0) is 29.6 Å². The monoisotopic (exact) mass is 444 g/mol. The van der Waals surface area contributed by atoms with Crippen LogP contribution in [0.2, 0.25) is 4.34 Å². The molecule has 0 aliphatic heterocycles. The molecule has 10 heteroatoms. The Kier molecular flexibility index (Phi) is 4.50. The van der Waals surface area contributed by atoms with Gasteiger partial charge in [-0.15, -0.1) is 34.0 Å². The Hall–Kier alpha value is -1.94. The van der Waals surface area contributed by atoms with Crippen molar-refractivity contribution in [3.05, 3.63) is 55.4 Å². The lowest BCUT2D eigenvalue weighted by molar-refractivity contribution is -0.136. The minimum Gasteiger partial charge on any atom is -0.397 e. The molecule has 0 amide bonds. The van der Waals surface area contributed by atoms with Gasteiger partial charge in [-0.1, -0.05) is 17.7 Å². The van der Waals surface area contributed by atoms with Gasteiger partial charge < -0.3 is 5.73 Å². The summed E-state index contributed by atoms with van der Waals surface area (Å²) >= 11 is 9.04. The maximum atomic E-state index is 13.7. The summed E-state index contributed by atoms with van der Waals surface area (Å²) in [5.41, 5.74) is 5.07. The molecule has 0 fully saturated rings. The van der Waals surface area contributed by atoms with Crippen LogP contribution >= 0.6 is 45.6 Å². The van der Waals surface area contributed by atoms with E-state index in [0.717, 1.165) is 28.7 Å². The minimum absolute atomic E-state index is 0.0323. The molecular formula is C17H8ClF3N2OS3. The topological polar surface area (TPSA) is 56.0 Å². The number of alkyl halides is 3. The molecular weight excluding hydrogens is 437 g/mol. The van der Waals surface area contributed by atoms with E-state index in [2.05, 4.69) is 4.98 Å². The molecule has 27 heavy (non-hydrogen) atoms. The van der Waals surface area contributed by atoms with Crippen LogP contribution in [-0.2, 0) is 6.18 Å². The Morgan fingerprint density at radius 2 is 1.96 bits per heavy atom. The summed E-state index contributed by atoms with van der Waals surface area (Å²) in [6.07, 6.45) is -4.63. The van der Waals surface area contributed by atoms with Crippen molar-refractivity contribution >= 4 is 67.3 Å². The van der Waals surface area contributed by atoms with Crippen LogP contribution in [0.4, 0.5) is 18.9 Å². The van der Waals surface area contributed by atoms with Crippen molar-refractivity contribution in [3.63, 3.8) is 0 Å². The predicted molar refractivity (Wildman–Crippen MR) is 105 cm³/mol. The van der Waals surface area contributed by atoms with Crippen LogP contribution in [0, 0.1) is 0 Å². The summed E-state index contributed by atoms with van der Waals surface area (Å²) in [4.78, 5) is 18.1. The summed E-state index contributed by atoms with van der Waals surface area (Å²) in [5, 5.41) is 1.52. The number of carbonyl (C=O) groups excluding carboxylic acids is 1. The van der Waals surface area contributed by atoms with Gasteiger partial charge in [-0.25, -0.2) is 4.98 Å². The Morgan fingerprint density at radius 3 is 2.56 bits per heavy atom. The lowest BCUT2D eigenvalue weighted by Gasteiger charge is -2.10. The Morgan fingerprint density at radius 1 is 1.19 bits per heavy atom. The Balaban J connectivity index is 1.96. The van der Waals surface area contributed by atoms with Crippen LogP contribution < -0.4 is 5.73 Å². The lowest BCUT2D eigenvalue weighted by Crippen LogP contribution is -2.08. The first-order chi connectivity index (χ1) is 12.8. The van der Waals surface area contributed by atoms with E-state index in [1.54, 1.807) is 23.6 Å². The summed E-state index contributed by atoms with van der Waals surface area (Å²) in [7, 11) is 0. The molecule has 0 saturated carbocycles. The number of hydrogen-bond donors (Lipinski definition) is 1. The number of pyridine rings is 1. The average Bonchev–Trinajstić information content (AvgIpc) is 3.33. The van der Waals surface area contributed by atoms with E-state index < -0.39 is 17.5 Å². The maximum Gasteiger partial charge on any atom is 0.417 e. The third-order valence-electron chi connectivity index (χ3n) is 3.78. The summed E-state index contributed by atoms with van der Waals surface area (Å²) < 4.78 is 41.5. The van der Waals surface area contributed by atoms with Crippen molar-refractivity contribution in [3.8, 4) is 10.6 Å². The molecule has 0 radical (unpaired) electrons. The van der Waals surface area contributed by atoms with Gasteiger partial charge in [-0.3, -0.25) is 4.79 Å². The van der Waals surface area contributed by atoms with Crippen LogP contribution in [-0.4, -0.2) is 10.8 Å². The Bertz CT molecular complexity index is 1160. The molecule has 4 heterocycles. The Labute approximate surface area is 167 Å². The number of halogens is 4. The smallest absolute Gasteiger partial charge is 0.397 e. The van der Waals surface area contributed by atoms with Gasteiger partial charge in [0.15, 0.2) is 0 Å². The van der Waals surface area contributed by atoms with E-state index in [0.29, 0.717) is 14.1 Å². The number of nitrogen functional groups attached to an aromatic ring is 1. The summed E-state index contributed by atoms with van der Waals surface area (Å²) in [6, 6.07) is 7.48. The fourth-order valence-corrected chi connectivity index (χ4v) is 5.43. The van der Waals surface area contributed by atoms with Crippen LogP contribution in [0.3, 0.4) is 0 Å². The second-order valence-corrected chi connectivity index (χ2v) is 9.15. The summed E-state index contributed by atoms with van der Waals surface area (Å²) in [6.45, 7) is 0. The van der Waals surface area contributed by atoms with Gasteiger partial charge in [-0.2, -0.15) is 13.2 Å². The molecule has 2 N–H and O–H groups in total. The lowest BCUT2D eigenvalue weighted by atomic mass is 10.1. The largest absolute Gasteiger partial charge is 0.417 e. The zero-order chi connectivity index (χ0) is 19.3. The van der Waals surface area contributed by atoms with Crippen LogP contribution in [0.5, 0.6) is 0 Å². The third kappa shape index (κ3) is 3.25. The number of aromatic nitrogens is 1. The second-order valence-electron chi connectivity index (χ2n) is 5.49. The highest BCUT2D eigenvalue weighted by Crippen LogP contribution is 2.44. The SMILES string of the molecule is Nc1c(C(=O)c2ccc(Cl)s2)sc2nc(-c3cccs3)cc(C(F)(F)F)c12. The molecule has 4 rings (SSSR count). The van der Waals surface area contributed by atoms with E-state index in [9.17, 15) is 18.0 Å². The highest BCUT2D eigenvalue weighted by molar-refractivity contribution is 7.23. The predicted octanol–water partition coefficient (Wildman–Crippen LogP) is 6.57. The molecule has 0 aliphatic carbocycles. The van der Waals surface area contributed by atoms with Crippen molar-refractivity contribution in [2.24, 2.45) is 0 Å². The fourth-order valence-electron chi connectivity index (χ4n) is 2.61. The van der Waals surface area contributed by atoms with E-state index >= 15 is 0 Å². The van der Waals surface area contributed by atoms with E-state index in [4.69, 9.17) is 17.3 Å². The molecule has 0 aromatic carbocycles. The molecule has 0 saturated heterocycles. The number of ketones is 1. The first-order valence-electron chi connectivity index (χ1n) is 7.40. The van der Waals surface area contributed by atoms with Crippen molar-refractivity contribution in [2.45, 2.75) is 6.18 Å². The van der Waals surface area contributed by atoms with Gasteiger partial charge in [0.2, 0.25) is 5.78 Å². The molecule has 0 atom stereocenters. The van der Waals surface area contributed by atoms with Gasteiger partial charge in [0.05, 0.1) is 31.0 Å². The molecule has 0 aliphatic rings. The van der Waals surface area contributed by atoms with Crippen molar-refractivity contribution in [2.75, 3.05) is 5.73 Å². The standard InChI is InChI=1S/C17H8ClF3N2OS3/c18-11-4-3-10(26-11)14(24)15-13(22)12-7(17(19,20)21)6-8(23-16(12)27-15)9-2-1-5-25-9/h1-6H,22H2. The number of rotatable bonds is 3. The zero-order valence-electron chi connectivity index (χ0n) is 13.1. The summed E-state index contributed by atoms with van der Waals surface area (Å²) in [5.74, 6) is -0.460. The number of anilines is 1. The van der Waals surface area contributed by atoms with Crippen molar-refractivity contribution in [1.29, 1.82) is 0 Å². The van der Waals surface area contributed by atoms with Gasteiger partial charge in [0.25, 0.3) is 0 Å². The van der Waals surface area contributed by atoms with E-state index in [-0.39, 0.29) is 26.5 Å². The van der Waals surface area contributed by atoms with E-state index in [1.165, 1.54) is 17.4 Å². The fraction of sp³-hybridized carbons (Fsp3) is 0.0588. The molecule has 4 aromatic heterocycles. The number of nitrogens with zero attached hydrogens (tertiary/aromatic N) is 1. The molecule has 0 bridgehead atoms. The second kappa shape index (κ2) is 6.59. The normalized spacial score (nSPS) is 12.0. The molecule has 0 unspecified atom stereocenters.